The van der Waals surface area contributed by atoms with Gasteiger partial charge < -0.3 is 14.8 Å². The fraction of sp³-hybridized carbons (Fsp3) is 0.538. The van der Waals surface area contributed by atoms with Crippen LogP contribution in [0, 0.1) is 0 Å². The lowest BCUT2D eigenvalue weighted by Crippen LogP contribution is -2.19. The Kier molecular flexibility index (Phi) is 4.05. The lowest BCUT2D eigenvalue weighted by atomic mass is 10.1. The van der Waals surface area contributed by atoms with Gasteiger partial charge >= 0.3 is 0 Å². The van der Waals surface area contributed by atoms with E-state index in [4.69, 9.17) is 9.47 Å². The predicted octanol–water partition coefficient (Wildman–Crippen LogP) is 2.22. The molecule has 88 valence electrons. The van der Waals surface area contributed by atoms with E-state index in [1.807, 2.05) is 24.3 Å². The van der Waals surface area contributed by atoms with Crippen molar-refractivity contribution in [2.45, 2.75) is 25.4 Å². The molecular weight excluding hydrogens is 202 g/mol. The third kappa shape index (κ3) is 3.14. The van der Waals surface area contributed by atoms with Gasteiger partial charge in [0.05, 0.1) is 13.2 Å². The number of methoxy groups -OCH3 is 1. The second-order valence-electron chi connectivity index (χ2n) is 4.10. The van der Waals surface area contributed by atoms with Crippen LogP contribution < -0.4 is 14.8 Å². The molecule has 0 aromatic heterocycles. The highest BCUT2D eigenvalue weighted by molar-refractivity contribution is 5.32. The van der Waals surface area contributed by atoms with Crippen LogP contribution in [0.25, 0.3) is 0 Å². The van der Waals surface area contributed by atoms with Crippen molar-refractivity contribution in [2.24, 2.45) is 0 Å². The van der Waals surface area contributed by atoms with Gasteiger partial charge in [0.25, 0.3) is 0 Å². The third-order valence-corrected chi connectivity index (χ3v) is 2.87. The first-order valence-electron chi connectivity index (χ1n) is 5.90. The van der Waals surface area contributed by atoms with Gasteiger partial charge in [-0.2, -0.15) is 0 Å². The van der Waals surface area contributed by atoms with E-state index in [0.29, 0.717) is 6.10 Å². The summed E-state index contributed by atoms with van der Waals surface area (Å²) in [5.41, 5.74) is 0. The van der Waals surface area contributed by atoms with Gasteiger partial charge in [-0.3, -0.25) is 0 Å². The van der Waals surface area contributed by atoms with Crippen LogP contribution in [0.2, 0.25) is 0 Å². The van der Waals surface area contributed by atoms with Crippen molar-refractivity contribution < 1.29 is 9.47 Å². The van der Waals surface area contributed by atoms with Crippen LogP contribution in [0.3, 0.4) is 0 Å². The first-order chi connectivity index (χ1) is 7.88. The second kappa shape index (κ2) is 5.75. The molecule has 1 unspecified atom stereocenters. The van der Waals surface area contributed by atoms with E-state index in [2.05, 4.69) is 5.32 Å². The van der Waals surface area contributed by atoms with Crippen molar-refractivity contribution in [1.29, 1.82) is 0 Å². The van der Waals surface area contributed by atoms with Crippen molar-refractivity contribution >= 4 is 0 Å². The van der Waals surface area contributed by atoms with Crippen LogP contribution in [0.1, 0.15) is 19.3 Å². The van der Waals surface area contributed by atoms with Crippen molar-refractivity contribution in [3.8, 4) is 11.5 Å². The largest absolute Gasteiger partial charge is 0.497 e. The molecule has 1 aliphatic heterocycles. The molecule has 3 nitrogen and oxygen atoms in total. The Morgan fingerprint density at radius 2 is 2.06 bits per heavy atom. The fourth-order valence-electron chi connectivity index (χ4n) is 1.97. The summed E-state index contributed by atoms with van der Waals surface area (Å²) < 4.78 is 11.1. The topological polar surface area (TPSA) is 30.5 Å². The maximum absolute atomic E-state index is 5.96. The molecule has 2 rings (SSSR count). The molecule has 0 radical (unpaired) electrons. The number of ether oxygens (including phenoxy) is 2. The Bertz CT molecular complexity index is 319. The zero-order valence-corrected chi connectivity index (χ0v) is 9.74. The van der Waals surface area contributed by atoms with E-state index in [0.717, 1.165) is 37.4 Å². The Morgan fingerprint density at radius 1 is 1.19 bits per heavy atom. The number of benzene rings is 1. The van der Waals surface area contributed by atoms with Crippen LogP contribution in [0.4, 0.5) is 0 Å². The molecule has 0 amide bonds. The second-order valence-corrected chi connectivity index (χ2v) is 4.10. The highest BCUT2D eigenvalue weighted by Gasteiger charge is 2.13. The SMILES string of the molecule is COc1cccc(OC2CCCNCC2)c1. The van der Waals surface area contributed by atoms with E-state index in [-0.39, 0.29) is 0 Å². The molecule has 1 heterocycles. The monoisotopic (exact) mass is 221 g/mol. The van der Waals surface area contributed by atoms with Crippen molar-refractivity contribution in [3.63, 3.8) is 0 Å². The molecule has 1 N–H and O–H groups in total. The minimum absolute atomic E-state index is 0.335. The minimum Gasteiger partial charge on any atom is -0.497 e. The van der Waals surface area contributed by atoms with Crippen LogP contribution in [-0.2, 0) is 0 Å². The maximum Gasteiger partial charge on any atom is 0.123 e. The molecule has 3 heteroatoms. The van der Waals surface area contributed by atoms with Crippen LogP contribution in [0.5, 0.6) is 11.5 Å². The van der Waals surface area contributed by atoms with Gasteiger partial charge in [-0.05, 0) is 44.5 Å². The number of hydrogen-bond donors (Lipinski definition) is 1. The fourth-order valence-corrected chi connectivity index (χ4v) is 1.97. The Labute approximate surface area is 96.8 Å². The summed E-state index contributed by atoms with van der Waals surface area (Å²) in [6.45, 7) is 2.16. The number of nitrogens with one attached hydrogen (secondary N) is 1. The summed E-state index contributed by atoms with van der Waals surface area (Å²) in [6, 6.07) is 7.82. The third-order valence-electron chi connectivity index (χ3n) is 2.87. The molecular formula is C13H19NO2. The standard InChI is InChI=1S/C13H19NO2/c1-15-12-4-2-5-13(10-12)16-11-6-3-8-14-9-7-11/h2,4-5,10-11,14H,3,6-9H2,1H3. The zero-order valence-electron chi connectivity index (χ0n) is 9.74. The van der Waals surface area contributed by atoms with E-state index in [1.54, 1.807) is 7.11 Å². The van der Waals surface area contributed by atoms with Crippen LogP contribution in [0.15, 0.2) is 24.3 Å². The summed E-state index contributed by atoms with van der Waals surface area (Å²) in [6.07, 6.45) is 3.73. The average Bonchev–Trinajstić information content (AvgIpc) is 2.58. The smallest absolute Gasteiger partial charge is 0.123 e. The molecule has 1 fully saturated rings. The molecule has 0 saturated carbocycles. The minimum atomic E-state index is 0.335. The summed E-state index contributed by atoms with van der Waals surface area (Å²) >= 11 is 0. The molecule has 1 aromatic rings. The molecule has 0 aliphatic carbocycles. The van der Waals surface area contributed by atoms with Crippen molar-refractivity contribution in [2.75, 3.05) is 20.2 Å². The molecule has 16 heavy (non-hydrogen) atoms. The van der Waals surface area contributed by atoms with Gasteiger partial charge in [0.15, 0.2) is 0 Å². The lowest BCUT2D eigenvalue weighted by molar-refractivity contribution is 0.187. The first kappa shape index (κ1) is 11.3. The van der Waals surface area contributed by atoms with Gasteiger partial charge in [0, 0.05) is 6.07 Å². The Morgan fingerprint density at radius 3 is 2.94 bits per heavy atom. The summed E-state index contributed by atoms with van der Waals surface area (Å²) in [4.78, 5) is 0. The molecule has 0 spiro atoms. The van der Waals surface area contributed by atoms with Gasteiger partial charge in [-0.15, -0.1) is 0 Å². The van der Waals surface area contributed by atoms with Crippen LogP contribution >= 0.6 is 0 Å². The Balaban J connectivity index is 1.96. The molecule has 1 aliphatic rings. The van der Waals surface area contributed by atoms with Gasteiger partial charge in [-0.25, -0.2) is 0 Å². The quantitative estimate of drug-likeness (QED) is 0.849. The highest BCUT2D eigenvalue weighted by atomic mass is 16.5. The Hall–Kier alpha value is -1.22. The molecule has 0 bridgehead atoms. The highest BCUT2D eigenvalue weighted by Crippen LogP contribution is 2.22. The lowest BCUT2D eigenvalue weighted by Gasteiger charge is -2.17. The number of rotatable bonds is 3. The van der Waals surface area contributed by atoms with Crippen molar-refractivity contribution in [1.82, 2.24) is 5.32 Å². The van der Waals surface area contributed by atoms with E-state index >= 15 is 0 Å². The average molecular weight is 221 g/mol. The van der Waals surface area contributed by atoms with Gasteiger partial charge in [-0.1, -0.05) is 6.07 Å². The van der Waals surface area contributed by atoms with Crippen molar-refractivity contribution in [3.05, 3.63) is 24.3 Å². The molecule has 1 aromatic carbocycles. The molecule has 1 atom stereocenters. The van der Waals surface area contributed by atoms with Gasteiger partial charge in [0.1, 0.15) is 11.5 Å². The summed E-state index contributed by atoms with van der Waals surface area (Å²) in [7, 11) is 1.68. The zero-order chi connectivity index (χ0) is 11.2. The van der Waals surface area contributed by atoms with E-state index in [1.165, 1.54) is 6.42 Å². The maximum atomic E-state index is 5.96. The van der Waals surface area contributed by atoms with Gasteiger partial charge in [0.2, 0.25) is 0 Å². The molecule has 1 saturated heterocycles. The first-order valence-corrected chi connectivity index (χ1v) is 5.90. The van der Waals surface area contributed by atoms with Crippen LogP contribution in [-0.4, -0.2) is 26.3 Å². The predicted molar refractivity (Wildman–Crippen MR) is 64.1 cm³/mol. The number of hydrogen-bond acceptors (Lipinski definition) is 3. The summed E-state index contributed by atoms with van der Waals surface area (Å²) in [5.74, 6) is 1.76. The summed E-state index contributed by atoms with van der Waals surface area (Å²) in [5, 5.41) is 3.38. The van der Waals surface area contributed by atoms with E-state index < -0.39 is 0 Å². The van der Waals surface area contributed by atoms with E-state index in [9.17, 15) is 0 Å². The normalized spacial score (nSPS) is 21.2.